The largest absolute Gasteiger partial charge is 0.504 e. The van der Waals surface area contributed by atoms with Crippen molar-refractivity contribution in [2.45, 2.75) is 65.3 Å². The maximum atomic E-state index is 14.2. The maximum Gasteiger partial charge on any atom is 0.340 e. The van der Waals surface area contributed by atoms with Crippen LogP contribution >= 0.6 is 12.2 Å². The van der Waals surface area contributed by atoms with E-state index in [2.05, 4.69) is 6.07 Å². The van der Waals surface area contributed by atoms with Gasteiger partial charge in [0.2, 0.25) is 0 Å². The lowest BCUT2D eigenvalue weighted by molar-refractivity contribution is -0.268. The summed E-state index contributed by atoms with van der Waals surface area (Å²) in [6.07, 6.45) is -7.75. The summed E-state index contributed by atoms with van der Waals surface area (Å²) in [5, 5.41) is 21.4. The van der Waals surface area contributed by atoms with Gasteiger partial charge in [0.05, 0.1) is 30.5 Å². The van der Waals surface area contributed by atoms with Gasteiger partial charge in [0.25, 0.3) is 0 Å². The van der Waals surface area contributed by atoms with Gasteiger partial charge in [-0.3, -0.25) is 23.7 Å². The molecule has 16 heteroatoms. The summed E-state index contributed by atoms with van der Waals surface area (Å²) >= 11 is 5.98. The normalized spacial score (nSPS) is 19.4. The van der Waals surface area contributed by atoms with Gasteiger partial charge in [0.1, 0.15) is 23.4 Å². The first kappa shape index (κ1) is 39.0. The average Bonchev–Trinajstić information content (AvgIpc) is 3.08. The maximum absolute atomic E-state index is 14.2. The number of pyridine rings is 1. The Morgan fingerprint density at radius 1 is 0.865 bits per heavy atom. The number of nitriles is 1. The molecule has 15 nitrogen and oxygen atoms in total. The van der Waals surface area contributed by atoms with E-state index in [-0.39, 0.29) is 50.7 Å². The first-order valence-electron chi connectivity index (χ1n) is 15.9. The third-order valence-electron chi connectivity index (χ3n) is 7.74. The highest BCUT2D eigenvalue weighted by molar-refractivity contribution is 7.71. The second-order valence-electron chi connectivity index (χ2n) is 11.3. The minimum absolute atomic E-state index is 0.00857. The number of nitrogens with zero attached hydrogens (tertiary/aromatic N) is 2. The van der Waals surface area contributed by atoms with E-state index in [1.54, 1.807) is 37.3 Å². The molecular weight excluding hydrogens is 700 g/mol. The average molecular weight is 737 g/mol. The number of hydrogen-bond acceptors (Lipinski definition) is 15. The van der Waals surface area contributed by atoms with Crippen LogP contribution in [0.5, 0.6) is 11.5 Å². The summed E-state index contributed by atoms with van der Waals surface area (Å²) in [5.74, 6) is -4.38. The van der Waals surface area contributed by atoms with Crippen molar-refractivity contribution in [2.24, 2.45) is 0 Å². The molecule has 0 spiro atoms. The van der Waals surface area contributed by atoms with Crippen LogP contribution in [0.4, 0.5) is 0 Å². The Bertz CT molecular complexity index is 1970. The number of rotatable bonds is 11. The molecule has 0 aliphatic carbocycles. The number of aromatic hydroxyl groups is 1. The smallest absolute Gasteiger partial charge is 0.340 e. The molecule has 5 atom stereocenters. The molecule has 2 heterocycles. The standard InChI is InChI=1S/C36H36N2O13S/c1-7-46-36(44)29-28(23-13-14-26(45-6)25(43)15-23)24(16-37)35(52)38(30(29)22-11-9-8-10-12-22)34-33(50-21(5)42)32(49-20(4)41)31(48-19(3)40)27(51-34)17-47-18(2)39/h8-15,27,31-34,43H,7,17H2,1-6H3. The zero-order valence-electron chi connectivity index (χ0n) is 29.1. The van der Waals surface area contributed by atoms with E-state index in [0.29, 0.717) is 5.56 Å². The van der Waals surface area contributed by atoms with Gasteiger partial charge >= 0.3 is 29.8 Å². The van der Waals surface area contributed by atoms with E-state index in [4.69, 9.17) is 45.4 Å². The number of phenols is 1. The fourth-order valence-corrected chi connectivity index (χ4v) is 6.21. The topological polar surface area (TPSA) is 199 Å². The third kappa shape index (κ3) is 8.39. The summed E-state index contributed by atoms with van der Waals surface area (Å²) in [4.78, 5) is 63.7. The Morgan fingerprint density at radius 2 is 1.48 bits per heavy atom. The van der Waals surface area contributed by atoms with Crippen LogP contribution in [0.2, 0.25) is 0 Å². The Balaban J connectivity index is 2.22. The Hall–Kier alpha value is -5.79. The Morgan fingerprint density at radius 3 is 2.02 bits per heavy atom. The van der Waals surface area contributed by atoms with Crippen molar-refractivity contribution in [3.63, 3.8) is 0 Å². The van der Waals surface area contributed by atoms with E-state index in [0.717, 1.165) is 27.7 Å². The van der Waals surface area contributed by atoms with Crippen LogP contribution in [0.25, 0.3) is 22.4 Å². The van der Waals surface area contributed by atoms with Gasteiger partial charge in [0.15, 0.2) is 36.0 Å². The molecule has 52 heavy (non-hydrogen) atoms. The zero-order chi connectivity index (χ0) is 38.3. The van der Waals surface area contributed by atoms with Crippen LogP contribution in [-0.4, -0.2) is 84.3 Å². The lowest BCUT2D eigenvalue weighted by atomic mass is 9.90. The van der Waals surface area contributed by atoms with Gasteiger partial charge in [-0.25, -0.2) is 4.79 Å². The van der Waals surface area contributed by atoms with Gasteiger partial charge in [-0.2, -0.15) is 5.26 Å². The van der Waals surface area contributed by atoms with Crippen molar-refractivity contribution in [1.29, 1.82) is 5.26 Å². The number of benzene rings is 2. The molecule has 1 fully saturated rings. The molecule has 1 aromatic heterocycles. The second-order valence-corrected chi connectivity index (χ2v) is 11.7. The lowest BCUT2D eigenvalue weighted by Crippen LogP contribution is -2.60. The van der Waals surface area contributed by atoms with Gasteiger partial charge in [-0.05, 0) is 30.2 Å². The summed E-state index contributed by atoms with van der Waals surface area (Å²) in [7, 11) is 1.35. The summed E-state index contributed by atoms with van der Waals surface area (Å²) in [5.41, 5.74) is 0.0764. The van der Waals surface area contributed by atoms with Crippen LogP contribution in [0, 0.1) is 16.0 Å². The molecular formula is C36H36N2O13S. The van der Waals surface area contributed by atoms with Crippen LogP contribution in [-0.2, 0) is 47.6 Å². The Labute approximate surface area is 303 Å². The number of phenolic OH excluding ortho intramolecular Hbond substituents is 1. The summed E-state index contributed by atoms with van der Waals surface area (Å²) in [6, 6.07) is 14.6. The molecule has 1 saturated heterocycles. The number of methoxy groups -OCH3 is 1. The van der Waals surface area contributed by atoms with Crippen molar-refractivity contribution in [3.05, 3.63) is 64.3 Å². The van der Waals surface area contributed by atoms with Crippen molar-refractivity contribution < 1.29 is 62.2 Å². The van der Waals surface area contributed by atoms with Gasteiger partial charge < -0.3 is 38.3 Å². The number of esters is 5. The van der Waals surface area contributed by atoms with Crippen LogP contribution in [0.15, 0.2) is 48.5 Å². The lowest BCUT2D eigenvalue weighted by Gasteiger charge is -2.45. The molecule has 0 saturated carbocycles. The van der Waals surface area contributed by atoms with Crippen LogP contribution in [0.3, 0.4) is 0 Å². The highest BCUT2D eigenvalue weighted by Gasteiger charge is 2.53. The number of aromatic nitrogens is 1. The predicted octanol–water partition coefficient (Wildman–Crippen LogP) is 4.57. The first-order chi connectivity index (χ1) is 24.7. The van der Waals surface area contributed by atoms with E-state index < -0.39 is 67.1 Å². The van der Waals surface area contributed by atoms with Gasteiger partial charge in [-0.1, -0.05) is 48.6 Å². The number of carbonyl (C=O) groups excluding carboxylic acids is 5. The number of ether oxygens (including phenoxy) is 7. The van der Waals surface area contributed by atoms with E-state index in [1.165, 1.54) is 29.9 Å². The predicted molar refractivity (Wildman–Crippen MR) is 182 cm³/mol. The van der Waals surface area contributed by atoms with Crippen LogP contribution in [0.1, 0.15) is 56.8 Å². The number of carbonyl (C=O) groups is 5. The minimum Gasteiger partial charge on any atom is -0.504 e. The highest BCUT2D eigenvalue weighted by atomic mass is 32.1. The van der Waals surface area contributed by atoms with Crippen molar-refractivity contribution >= 4 is 42.1 Å². The molecule has 3 aromatic rings. The van der Waals surface area contributed by atoms with Crippen LogP contribution < -0.4 is 4.74 Å². The van der Waals surface area contributed by atoms with Gasteiger partial charge in [0, 0.05) is 33.3 Å². The summed E-state index contributed by atoms with van der Waals surface area (Å²) < 4.78 is 40.3. The highest BCUT2D eigenvalue weighted by Crippen LogP contribution is 2.44. The molecule has 0 radical (unpaired) electrons. The molecule has 1 aliphatic heterocycles. The molecule has 0 bridgehead atoms. The van der Waals surface area contributed by atoms with Crippen molar-refractivity contribution in [2.75, 3.05) is 20.3 Å². The quantitative estimate of drug-likeness (QED) is 0.163. The van der Waals surface area contributed by atoms with E-state index in [9.17, 15) is 34.3 Å². The molecule has 4 rings (SSSR count). The molecule has 1 N–H and O–H groups in total. The monoisotopic (exact) mass is 736 g/mol. The zero-order valence-corrected chi connectivity index (χ0v) is 29.9. The molecule has 274 valence electrons. The van der Waals surface area contributed by atoms with Crippen molar-refractivity contribution in [1.82, 2.24) is 4.57 Å². The first-order valence-corrected chi connectivity index (χ1v) is 16.3. The SMILES string of the molecule is CCOC(=O)c1c(-c2ccc(OC)c(O)c2)c(C#N)c(=S)n(C2OC(COC(C)=O)C(OC(C)=O)C(OC(C)=O)C2OC(C)=O)c1-c1ccccc1. The number of hydrogen-bond donors (Lipinski definition) is 1. The second kappa shape index (κ2) is 16.9. The molecule has 2 aromatic carbocycles. The fraction of sp³-hybridized carbons (Fsp3) is 0.361. The third-order valence-corrected chi connectivity index (χ3v) is 8.14. The molecule has 5 unspecified atom stereocenters. The van der Waals surface area contributed by atoms with Crippen molar-refractivity contribution in [3.8, 4) is 40.0 Å². The molecule has 1 aliphatic rings. The summed E-state index contributed by atoms with van der Waals surface area (Å²) in [6.45, 7) is 5.34. The van der Waals surface area contributed by atoms with Gasteiger partial charge in [-0.15, -0.1) is 0 Å². The Kier molecular flexibility index (Phi) is 12.7. The minimum atomic E-state index is -1.65. The van der Waals surface area contributed by atoms with E-state index >= 15 is 0 Å². The van der Waals surface area contributed by atoms with E-state index in [1.807, 2.05) is 0 Å². The molecule has 0 amide bonds. The fourth-order valence-electron chi connectivity index (χ4n) is 5.87.